The van der Waals surface area contributed by atoms with Crippen molar-refractivity contribution in [1.29, 1.82) is 0 Å². The van der Waals surface area contributed by atoms with Gasteiger partial charge in [-0.2, -0.15) is 9.21 Å². The summed E-state index contributed by atoms with van der Waals surface area (Å²) in [5, 5.41) is 23.3. The summed E-state index contributed by atoms with van der Waals surface area (Å²) in [6, 6.07) is 13.1. The fourth-order valence-electron chi connectivity index (χ4n) is 5.74. The SMILES string of the molecule is CC(C)c1nc(CN(C)C(=O)N[C@H](C(=O)N[C@@H](Cc2ccccc2)[C@H](O)CN(CC2CCC2)S(=O)(=O)c2ccc(CN=O)cc2)C(C)C)cs1. The minimum atomic E-state index is -4.03. The van der Waals surface area contributed by atoms with E-state index in [2.05, 4.69) is 34.6 Å². The molecule has 1 aliphatic rings. The molecule has 50 heavy (non-hydrogen) atoms. The first kappa shape index (κ1) is 39.1. The molecule has 272 valence electrons. The van der Waals surface area contributed by atoms with Gasteiger partial charge in [-0.1, -0.05) is 81.8 Å². The Bertz CT molecular complexity index is 1660. The first-order valence-corrected chi connectivity index (χ1v) is 19.5. The van der Waals surface area contributed by atoms with Crippen LogP contribution in [0.2, 0.25) is 0 Å². The lowest BCUT2D eigenvalue weighted by Gasteiger charge is -2.35. The van der Waals surface area contributed by atoms with Gasteiger partial charge in [-0.05, 0) is 54.4 Å². The van der Waals surface area contributed by atoms with Gasteiger partial charge in [-0.25, -0.2) is 18.2 Å². The van der Waals surface area contributed by atoms with Crippen molar-refractivity contribution in [3.63, 3.8) is 0 Å². The third-order valence-corrected chi connectivity index (χ3v) is 12.1. The van der Waals surface area contributed by atoms with Crippen LogP contribution in [0.15, 0.2) is 70.0 Å². The number of hydrogen-bond acceptors (Lipinski definition) is 9. The summed E-state index contributed by atoms with van der Waals surface area (Å²) in [5.74, 6) is -0.326. The molecule has 2 aromatic carbocycles. The first-order valence-electron chi connectivity index (χ1n) is 17.1. The average molecular weight is 727 g/mol. The van der Waals surface area contributed by atoms with E-state index in [1.807, 2.05) is 49.6 Å². The Balaban J connectivity index is 1.52. The van der Waals surface area contributed by atoms with Gasteiger partial charge in [-0.15, -0.1) is 11.3 Å². The molecule has 0 aliphatic heterocycles. The van der Waals surface area contributed by atoms with Crippen LogP contribution in [0, 0.1) is 16.7 Å². The zero-order chi connectivity index (χ0) is 36.4. The second kappa shape index (κ2) is 18.0. The molecule has 12 nitrogen and oxygen atoms in total. The molecule has 4 rings (SSSR count). The van der Waals surface area contributed by atoms with E-state index < -0.39 is 40.1 Å². The molecule has 1 aliphatic carbocycles. The minimum absolute atomic E-state index is 0.0482. The van der Waals surface area contributed by atoms with Crippen molar-refractivity contribution in [2.75, 3.05) is 20.1 Å². The maximum absolute atomic E-state index is 14.0. The molecule has 0 unspecified atom stereocenters. The molecular formula is C36H50N6O6S2. The number of amides is 3. The highest BCUT2D eigenvalue weighted by Gasteiger charge is 2.35. The van der Waals surface area contributed by atoms with E-state index in [1.54, 1.807) is 30.5 Å². The van der Waals surface area contributed by atoms with Crippen LogP contribution in [0.3, 0.4) is 0 Å². The summed E-state index contributed by atoms with van der Waals surface area (Å²) in [4.78, 5) is 44.0. The monoisotopic (exact) mass is 726 g/mol. The van der Waals surface area contributed by atoms with Gasteiger partial charge in [0.05, 0.1) is 34.3 Å². The van der Waals surface area contributed by atoms with Crippen LogP contribution in [0.4, 0.5) is 4.79 Å². The van der Waals surface area contributed by atoms with Crippen LogP contribution in [0.1, 0.15) is 74.7 Å². The van der Waals surface area contributed by atoms with Crippen LogP contribution in [-0.4, -0.2) is 78.0 Å². The van der Waals surface area contributed by atoms with E-state index >= 15 is 0 Å². The number of nitroso groups, excluding NO2 is 1. The summed E-state index contributed by atoms with van der Waals surface area (Å²) in [6.45, 7) is 7.97. The van der Waals surface area contributed by atoms with Gasteiger partial charge in [0.2, 0.25) is 15.9 Å². The summed E-state index contributed by atoms with van der Waals surface area (Å²) >= 11 is 1.55. The Morgan fingerprint density at radius 1 is 1.02 bits per heavy atom. The second-order valence-electron chi connectivity index (χ2n) is 13.8. The molecule has 0 radical (unpaired) electrons. The number of aliphatic hydroxyl groups excluding tert-OH is 1. The summed E-state index contributed by atoms with van der Waals surface area (Å²) < 4.78 is 29.2. The summed E-state index contributed by atoms with van der Waals surface area (Å²) in [6.07, 6.45) is 1.75. The standard InChI is InChI=1S/C36H50N6O6S2/c1-24(2)33(40-36(45)41(5)21-29-23-49-35(38-29)25(3)4)34(44)39-31(18-26-10-7-6-8-11-26)32(43)22-42(20-28-12-9-13-28)50(47,48)30-16-14-27(15-17-30)19-37-46/h6-8,10-11,14-17,23-25,28,31-33,43H,9,12-13,18-22H2,1-5H3,(H,39,44)(H,40,45)/t31-,32+,33-/m0/s1. The van der Waals surface area contributed by atoms with Gasteiger partial charge in [0.25, 0.3) is 0 Å². The Morgan fingerprint density at radius 2 is 1.70 bits per heavy atom. The third kappa shape index (κ3) is 10.6. The number of aliphatic hydroxyl groups is 1. The van der Waals surface area contributed by atoms with Crippen molar-refractivity contribution in [2.24, 2.45) is 17.0 Å². The molecule has 3 aromatic rings. The molecule has 3 atom stereocenters. The Labute approximate surface area is 299 Å². The maximum Gasteiger partial charge on any atom is 0.318 e. The fraction of sp³-hybridized carbons (Fsp3) is 0.528. The average Bonchev–Trinajstić information content (AvgIpc) is 3.53. The van der Waals surface area contributed by atoms with E-state index in [-0.39, 0.29) is 55.2 Å². The number of rotatable bonds is 18. The number of sulfonamides is 1. The molecule has 14 heteroatoms. The molecule has 1 saturated carbocycles. The van der Waals surface area contributed by atoms with Crippen LogP contribution in [0.5, 0.6) is 0 Å². The molecular weight excluding hydrogens is 677 g/mol. The lowest BCUT2D eigenvalue weighted by Crippen LogP contribution is -2.58. The van der Waals surface area contributed by atoms with Gasteiger partial charge in [-0.3, -0.25) is 4.79 Å². The number of nitrogens with zero attached hydrogens (tertiary/aromatic N) is 4. The number of carbonyl (C=O) groups excluding carboxylic acids is 2. The number of benzene rings is 2. The zero-order valence-electron chi connectivity index (χ0n) is 29.5. The lowest BCUT2D eigenvalue weighted by molar-refractivity contribution is -0.125. The van der Waals surface area contributed by atoms with Gasteiger partial charge in [0, 0.05) is 31.4 Å². The molecule has 1 fully saturated rings. The Morgan fingerprint density at radius 3 is 2.26 bits per heavy atom. The van der Waals surface area contributed by atoms with E-state index in [0.29, 0.717) is 5.56 Å². The highest BCUT2D eigenvalue weighted by molar-refractivity contribution is 7.89. The minimum Gasteiger partial charge on any atom is -0.390 e. The molecule has 3 amide bonds. The molecule has 3 N–H and O–H groups in total. The number of hydrogen-bond donors (Lipinski definition) is 3. The van der Waals surface area contributed by atoms with Crippen molar-refractivity contribution >= 4 is 33.3 Å². The lowest BCUT2D eigenvalue weighted by atomic mass is 9.85. The van der Waals surface area contributed by atoms with Gasteiger partial charge < -0.3 is 20.6 Å². The van der Waals surface area contributed by atoms with Crippen molar-refractivity contribution in [3.05, 3.63) is 86.7 Å². The maximum atomic E-state index is 14.0. The fourth-order valence-corrected chi connectivity index (χ4v) is 8.10. The largest absolute Gasteiger partial charge is 0.390 e. The second-order valence-corrected chi connectivity index (χ2v) is 16.6. The predicted octanol–water partition coefficient (Wildman–Crippen LogP) is 5.28. The molecule has 0 saturated heterocycles. The number of carbonyl (C=O) groups is 2. The first-order chi connectivity index (χ1) is 23.8. The quantitative estimate of drug-likeness (QED) is 0.150. The normalized spacial score (nSPS) is 15.4. The topological polar surface area (TPSA) is 161 Å². The number of nitrogens with one attached hydrogen (secondary N) is 2. The predicted molar refractivity (Wildman–Crippen MR) is 195 cm³/mol. The molecule has 0 bridgehead atoms. The van der Waals surface area contributed by atoms with Gasteiger partial charge >= 0.3 is 6.03 Å². The van der Waals surface area contributed by atoms with Crippen molar-refractivity contribution in [2.45, 2.75) is 95.5 Å². The van der Waals surface area contributed by atoms with Crippen LogP contribution < -0.4 is 10.6 Å². The molecule has 0 spiro atoms. The Hall–Kier alpha value is -3.72. The summed E-state index contributed by atoms with van der Waals surface area (Å²) in [7, 11) is -2.39. The molecule has 1 heterocycles. The van der Waals surface area contributed by atoms with Crippen molar-refractivity contribution < 1.29 is 23.1 Å². The van der Waals surface area contributed by atoms with Gasteiger partial charge in [0.1, 0.15) is 12.6 Å². The third-order valence-electron chi connectivity index (χ3n) is 9.01. The number of urea groups is 1. The van der Waals surface area contributed by atoms with Gasteiger partial charge in [0.15, 0.2) is 0 Å². The van der Waals surface area contributed by atoms with E-state index in [4.69, 9.17) is 0 Å². The van der Waals surface area contributed by atoms with Crippen molar-refractivity contribution in [1.82, 2.24) is 24.8 Å². The highest BCUT2D eigenvalue weighted by atomic mass is 32.2. The smallest absolute Gasteiger partial charge is 0.318 e. The van der Waals surface area contributed by atoms with E-state index in [0.717, 1.165) is 35.5 Å². The van der Waals surface area contributed by atoms with Crippen LogP contribution >= 0.6 is 11.3 Å². The van der Waals surface area contributed by atoms with Crippen LogP contribution in [-0.2, 0) is 34.3 Å². The van der Waals surface area contributed by atoms with Crippen molar-refractivity contribution in [3.8, 4) is 0 Å². The highest BCUT2D eigenvalue weighted by Crippen LogP contribution is 2.30. The zero-order valence-corrected chi connectivity index (χ0v) is 31.1. The van der Waals surface area contributed by atoms with E-state index in [9.17, 15) is 28.0 Å². The number of aromatic nitrogens is 1. The van der Waals surface area contributed by atoms with E-state index in [1.165, 1.54) is 21.3 Å². The summed E-state index contributed by atoms with van der Waals surface area (Å²) in [5.41, 5.74) is 2.21. The molecule has 1 aromatic heterocycles. The Kier molecular flexibility index (Phi) is 14.0. The van der Waals surface area contributed by atoms with Crippen LogP contribution in [0.25, 0.3) is 0 Å². The number of thiazole rings is 1.